The van der Waals surface area contributed by atoms with Gasteiger partial charge in [0.25, 0.3) is 0 Å². The second-order valence-corrected chi connectivity index (χ2v) is 6.75. The molecule has 1 aliphatic heterocycles. The number of aliphatic imine (C=N–C) groups is 1. The lowest BCUT2D eigenvalue weighted by Crippen LogP contribution is -2.42. The first-order chi connectivity index (χ1) is 14.8. The van der Waals surface area contributed by atoms with E-state index >= 15 is 0 Å². The molecule has 0 bridgehead atoms. The number of rotatable bonds is 8. The summed E-state index contributed by atoms with van der Waals surface area (Å²) in [5, 5.41) is 16.2. The van der Waals surface area contributed by atoms with Crippen LogP contribution < -0.4 is 24.8 Å². The number of ether oxygens (including phenoxy) is 3. The molecular weight excluding hydrogens is 542 g/mol. The minimum atomic E-state index is -4.40. The van der Waals surface area contributed by atoms with Gasteiger partial charge in [-0.25, -0.2) is 4.99 Å². The fourth-order valence-electron chi connectivity index (χ4n) is 2.76. The van der Waals surface area contributed by atoms with E-state index in [2.05, 4.69) is 15.6 Å². The van der Waals surface area contributed by atoms with Crippen molar-refractivity contribution in [1.82, 2.24) is 10.6 Å². The van der Waals surface area contributed by atoms with E-state index in [1.54, 1.807) is 0 Å². The Morgan fingerprint density at radius 2 is 1.84 bits per heavy atom. The number of nitrogens with one attached hydrogen (secondary N) is 2. The molecule has 0 aliphatic carbocycles. The molecule has 0 saturated heterocycles. The highest BCUT2D eigenvalue weighted by molar-refractivity contribution is 14.0. The largest absolute Gasteiger partial charge is 0.491 e. The van der Waals surface area contributed by atoms with Crippen molar-refractivity contribution in [1.29, 1.82) is 0 Å². The molecule has 32 heavy (non-hydrogen) atoms. The first kappa shape index (κ1) is 25.8. The van der Waals surface area contributed by atoms with Crippen molar-refractivity contribution in [3.8, 4) is 17.2 Å². The molecule has 0 amide bonds. The number of benzene rings is 2. The minimum absolute atomic E-state index is 0. The van der Waals surface area contributed by atoms with E-state index in [1.165, 1.54) is 12.1 Å². The summed E-state index contributed by atoms with van der Waals surface area (Å²) >= 11 is 0. The highest BCUT2D eigenvalue weighted by Gasteiger charge is 2.30. The van der Waals surface area contributed by atoms with Gasteiger partial charge in [-0.2, -0.15) is 13.2 Å². The molecule has 2 aromatic rings. The number of halogens is 4. The van der Waals surface area contributed by atoms with Crippen LogP contribution in [0, 0.1) is 0 Å². The molecule has 1 heterocycles. The second kappa shape index (κ2) is 12.0. The van der Waals surface area contributed by atoms with Crippen LogP contribution in [0.2, 0.25) is 0 Å². The van der Waals surface area contributed by atoms with E-state index in [4.69, 9.17) is 14.2 Å². The third kappa shape index (κ3) is 7.62. The topological polar surface area (TPSA) is 84.3 Å². The number of nitrogens with zero attached hydrogens (tertiary/aromatic N) is 1. The normalized spacial score (nSPS) is 13.8. The summed E-state index contributed by atoms with van der Waals surface area (Å²) in [5.41, 5.74) is 0.184. The smallest absolute Gasteiger partial charge is 0.416 e. The molecule has 0 fully saturated rings. The van der Waals surface area contributed by atoms with Gasteiger partial charge in [0.1, 0.15) is 18.5 Å². The van der Waals surface area contributed by atoms with Crippen molar-refractivity contribution in [3.63, 3.8) is 0 Å². The van der Waals surface area contributed by atoms with Crippen molar-refractivity contribution in [2.24, 2.45) is 4.99 Å². The van der Waals surface area contributed by atoms with Gasteiger partial charge in [0, 0.05) is 13.1 Å². The number of aliphatic hydroxyl groups is 1. The van der Waals surface area contributed by atoms with Crippen LogP contribution in [0.5, 0.6) is 17.2 Å². The van der Waals surface area contributed by atoms with Gasteiger partial charge in [0.2, 0.25) is 6.79 Å². The fraction of sp³-hybridized carbons (Fsp3) is 0.381. The van der Waals surface area contributed by atoms with Crippen LogP contribution >= 0.6 is 24.0 Å². The van der Waals surface area contributed by atoms with E-state index in [0.717, 1.165) is 17.7 Å². The van der Waals surface area contributed by atoms with Gasteiger partial charge < -0.3 is 30.0 Å². The summed E-state index contributed by atoms with van der Waals surface area (Å²) in [6.45, 7) is 3.21. The number of fused-ring (bicyclic) bond motifs is 1. The molecule has 1 atom stereocenters. The first-order valence-electron chi connectivity index (χ1n) is 9.74. The molecule has 1 aliphatic rings. The van der Waals surface area contributed by atoms with Crippen molar-refractivity contribution in [2.45, 2.75) is 25.7 Å². The van der Waals surface area contributed by atoms with Crippen LogP contribution in [-0.4, -0.2) is 43.7 Å². The molecule has 0 aromatic heterocycles. The van der Waals surface area contributed by atoms with E-state index in [1.807, 2.05) is 25.1 Å². The van der Waals surface area contributed by atoms with E-state index in [9.17, 15) is 18.3 Å². The van der Waals surface area contributed by atoms with Gasteiger partial charge in [-0.15, -0.1) is 24.0 Å². The molecule has 7 nitrogen and oxygen atoms in total. The van der Waals surface area contributed by atoms with Crippen molar-refractivity contribution < 1.29 is 32.5 Å². The standard InChI is InChI=1S/C21H24F3N3O4.HI/c1-2-25-20(26-10-14-3-8-18-19(9-14)31-13-30-18)27-11-16(28)12-29-17-6-4-15(5-7-17)21(22,23)24;/h3-9,16,28H,2,10-13H2,1H3,(H2,25,26,27);1H. The Bertz CT molecular complexity index is 895. The van der Waals surface area contributed by atoms with Gasteiger partial charge in [0.15, 0.2) is 17.5 Å². The lowest BCUT2D eigenvalue weighted by Gasteiger charge is -2.16. The molecule has 0 radical (unpaired) electrons. The number of aliphatic hydroxyl groups excluding tert-OH is 1. The molecule has 3 rings (SSSR count). The van der Waals surface area contributed by atoms with Gasteiger partial charge in [-0.3, -0.25) is 0 Å². The SMILES string of the molecule is CCNC(=NCc1ccc2c(c1)OCO2)NCC(O)COc1ccc(C(F)(F)F)cc1.I. The average molecular weight is 567 g/mol. The zero-order valence-corrected chi connectivity index (χ0v) is 19.6. The second-order valence-electron chi connectivity index (χ2n) is 6.75. The molecule has 3 N–H and O–H groups in total. The van der Waals surface area contributed by atoms with Crippen molar-refractivity contribution >= 4 is 29.9 Å². The van der Waals surface area contributed by atoms with Crippen LogP contribution in [0.1, 0.15) is 18.1 Å². The Morgan fingerprint density at radius 1 is 1.12 bits per heavy atom. The van der Waals surface area contributed by atoms with E-state index in [-0.39, 0.29) is 49.7 Å². The zero-order chi connectivity index (χ0) is 22.3. The van der Waals surface area contributed by atoms with Crippen LogP contribution in [0.3, 0.4) is 0 Å². The summed E-state index contributed by atoms with van der Waals surface area (Å²) < 4.78 is 53.7. The lowest BCUT2D eigenvalue weighted by molar-refractivity contribution is -0.137. The molecule has 11 heteroatoms. The highest BCUT2D eigenvalue weighted by atomic mass is 127. The predicted octanol–water partition coefficient (Wildman–Crippen LogP) is 3.55. The van der Waals surface area contributed by atoms with E-state index in [0.29, 0.717) is 30.5 Å². The summed E-state index contributed by atoms with van der Waals surface area (Å²) in [6.07, 6.45) is -5.29. The Hall–Kier alpha value is -2.41. The fourth-order valence-corrected chi connectivity index (χ4v) is 2.76. The highest BCUT2D eigenvalue weighted by Crippen LogP contribution is 2.32. The monoisotopic (exact) mass is 567 g/mol. The Morgan fingerprint density at radius 3 is 2.53 bits per heavy atom. The first-order valence-corrected chi connectivity index (χ1v) is 9.74. The summed E-state index contributed by atoms with van der Waals surface area (Å²) in [6, 6.07) is 9.91. The zero-order valence-electron chi connectivity index (χ0n) is 17.3. The third-order valence-corrected chi connectivity index (χ3v) is 4.33. The molecule has 2 aromatic carbocycles. The van der Waals surface area contributed by atoms with E-state index < -0.39 is 17.8 Å². The van der Waals surface area contributed by atoms with Crippen LogP contribution in [0.15, 0.2) is 47.5 Å². The average Bonchev–Trinajstić information content (AvgIpc) is 3.22. The maximum absolute atomic E-state index is 12.6. The summed E-state index contributed by atoms with van der Waals surface area (Å²) in [5.74, 6) is 2.14. The number of hydrogen-bond acceptors (Lipinski definition) is 5. The lowest BCUT2D eigenvalue weighted by atomic mass is 10.2. The third-order valence-electron chi connectivity index (χ3n) is 4.33. The molecule has 176 valence electrons. The molecule has 1 unspecified atom stereocenters. The maximum atomic E-state index is 12.6. The van der Waals surface area contributed by atoms with Crippen molar-refractivity contribution in [2.75, 3.05) is 26.5 Å². The predicted molar refractivity (Wildman–Crippen MR) is 124 cm³/mol. The van der Waals surface area contributed by atoms with Crippen molar-refractivity contribution in [3.05, 3.63) is 53.6 Å². The van der Waals surface area contributed by atoms with Crippen LogP contribution in [0.25, 0.3) is 0 Å². The quantitative estimate of drug-likeness (QED) is 0.257. The van der Waals surface area contributed by atoms with Crippen LogP contribution in [-0.2, 0) is 12.7 Å². The number of hydrogen-bond donors (Lipinski definition) is 3. The van der Waals surface area contributed by atoms with Gasteiger partial charge in [-0.05, 0) is 48.9 Å². The molecular formula is C21H25F3IN3O4. The number of guanidine groups is 1. The van der Waals surface area contributed by atoms with Gasteiger partial charge in [-0.1, -0.05) is 6.07 Å². The van der Waals surface area contributed by atoms with Gasteiger partial charge >= 0.3 is 6.18 Å². The van der Waals surface area contributed by atoms with Crippen LogP contribution in [0.4, 0.5) is 13.2 Å². The van der Waals surface area contributed by atoms with Gasteiger partial charge in [0.05, 0.1) is 12.1 Å². The Kier molecular flexibility index (Phi) is 9.69. The summed E-state index contributed by atoms with van der Waals surface area (Å²) in [4.78, 5) is 4.47. The minimum Gasteiger partial charge on any atom is -0.491 e. The Labute approximate surface area is 201 Å². The molecule has 0 saturated carbocycles. The maximum Gasteiger partial charge on any atom is 0.416 e. The Balaban J connectivity index is 0.00000363. The number of alkyl halides is 3. The molecule has 0 spiro atoms. The summed E-state index contributed by atoms with van der Waals surface area (Å²) in [7, 11) is 0.